The van der Waals surface area contributed by atoms with Crippen LogP contribution in [0.3, 0.4) is 0 Å². The normalized spacial score (nSPS) is 13.9. The van der Waals surface area contributed by atoms with Gasteiger partial charge in [-0.25, -0.2) is 4.39 Å². The third kappa shape index (κ3) is 3.30. The van der Waals surface area contributed by atoms with Crippen LogP contribution < -0.4 is 11.1 Å². The fourth-order valence-electron chi connectivity index (χ4n) is 1.61. The minimum atomic E-state index is -0.725. The first kappa shape index (κ1) is 16.0. The summed E-state index contributed by atoms with van der Waals surface area (Å²) in [6.07, 6.45) is 0. The molecule has 20 heavy (non-hydrogen) atoms. The van der Waals surface area contributed by atoms with Gasteiger partial charge in [0.1, 0.15) is 11.4 Å². The summed E-state index contributed by atoms with van der Waals surface area (Å²) in [7, 11) is 0. The van der Waals surface area contributed by atoms with E-state index in [1.807, 2.05) is 13.8 Å². The summed E-state index contributed by atoms with van der Waals surface area (Å²) in [6.45, 7) is 5.64. The van der Waals surface area contributed by atoms with Gasteiger partial charge in [-0.1, -0.05) is 13.8 Å². The van der Waals surface area contributed by atoms with E-state index in [1.165, 1.54) is 0 Å². The van der Waals surface area contributed by atoms with Crippen molar-refractivity contribution >= 4 is 11.6 Å². The Bertz CT molecular complexity index is 534. The van der Waals surface area contributed by atoms with E-state index in [1.54, 1.807) is 6.92 Å². The number of nitrogens with two attached hydrogens (primary N) is 1. The smallest absolute Gasteiger partial charge is 0.282 e. The van der Waals surface area contributed by atoms with Crippen molar-refractivity contribution in [3.8, 4) is 0 Å². The zero-order valence-corrected chi connectivity index (χ0v) is 11.6. The van der Waals surface area contributed by atoms with Crippen LogP contribution >= 0.6 is 0 Å². The minimum absolute atomic E-state index is 0.0177. The molecule has 0 saturated heterocycles. The number of hydrogen-bond acceptors (Lipinski definition) is 4. The average Bonchev–Trinajstić information content (AvgIpc) is 2.37. The van der Waals surface area contributed by atoms with Gasteiger partial charge in [0.25, 0.3) is 11.6 Å². The van der Waals surface area contributed by atoms with Gasteiger partial charge in [-0.05, 0) is 25.0 Å². The third-order valence-corrected chi connectivity index (χ3v) is 3.50. The van der Waals surface area contributed by atoms with Gasteiger partial charge in [0, 0.05) is 12.6 Å². The summed E-state index contributed by atoms with van der Waals surface area (Å²) >= 11 is 0. The molecule has 7 heteroatoms. The van der Waals surface area contributed by atoms with E-state index in [4.69, 9.17) is 5.73 Å². The van der Waals surface area contributed by atoms with Crippen LogP contribution in [0.15, 0.2) is 18.2 Å². The highest BCUT2D eigenvalue weighted by Gasteiger charge is 2.31. The molecule has 0 spiro atoms. The molecule has 1 unspecified atom stereocenters. The van der Waals surface area contributed by atoms with Gasteiger partial charge in [-0.15, -0.1) is 0 Å². The highest BCUT2D eigenvalue weighted by atomic mass is 19.1. The Morgan fingerprint density at radius 2 is 2.15 bits per heavy atom. The lowest BCUT2D eigenvalue weighted by molar-refractivity contribution is -0.385. The molecule has 0 fully saturated rings. The number of nitro benzene ring substituents is 1. The highest BCUT2D eigenvalue weighted by molar-refractivity contribution is 5.98. The molecule has 110 valence electrons. The van der Waals surface area contributed by atoms with Gasteiger partial charge in [0.2, 0.25) is 0 Å². The average molecular weight is 283 g/mol. The Labute approximate surface area is 116 Å². The lowest BCUT2D eigenvalue weighted by atomic mass is 9.88. The van der Waals surface area contributed by atoms with E-state index in [0.29, 0.717) is 0 Å². The van der Waals surface area contributed by atoms with Crippen LogP contribution in [0, 0.1) is 21.8 Å². The number of nitrogens with one attached hydrogen (secondary N) is 1. The number of hydrogen-bond donors (Lipinski definition) is 2. The molecule has 0 radical (unpaired) electrons. The van der Waals surface area contributed by atoms with Crippen molar-refractivity contribution in [3.05, 3.63) is 39.7 Å². The Kier molecular flexibility index (Phi) is 4.78. The predicted octanol–water partition coefficient (Wildman–Crippen LogP) is 1.84. The number of amides is 1. The van der Waals surface area contributed by atoms with Gasteiger partial charge in [-0.2, -0.15) is 0 Å². The van der Waals surface area contributed by atoms with E-state index >= 15 is 0 Å². The maximum Gasteiger partial charge on any atom is 0.282 e. The van der Waals surface area contributed by atoms with E-state index in [0.717, 1.165) is 18.2 Å². The Morgan fingerprint density at radius 3 is 2.60 bits per heavy atom. The van der Waals surface area contributed by atoms with Crippen molar-refractivity contribution in [1.82, 2.24) is 5.32 Å². The molecular formula is C13H18FN3O3. The third-order valence-electron chi connectivity index (χ3n) is 3.50. The number of rotatable bonds is 5. The molecule has 1 rings (SSSR count). The molecule has 0 aliphatic rings. The number of halogens is 1. The van der Waals surface area contributed by atoms with Crippen molar-refractivity contribution in [2.45, 2.75) is 26.3 Å². The molecule has 1 atom stereocenters. The number of carbonyl (C=O) groups is 1. The van der Waals surface area contributed by atoms with Crippen LogP contribution in [-0.4, -0.2) is 22.9 Å². The van der Waals surface area contributed by atoms with Crippen molar-refractivity contribution < 1.29 is 14.1 Å². The van der Waals surface area contributed by atoms with Gasteiger partial charge in [0.15, 0.2) is 0 Å². The Hall–Kier alpha value is -2.02. The summed E-state index contributed by atoms with van der Waals surface area (Å²) in [5.74, 6) is -1.40. The standard InChI is InChI=1S/C13H18FN3O3/c1-8(2)13(3,7-15)16-12(18)10-6-9(14)4-5-11(10)17(19)20/h4-6,8H,7,15H2,1-3H3,(H,16,18). The Morgan fingerprint density at radius 1 is 1.55 bits per heavy atom. The van der Waals surface area contributed by atoms with Crippen LogP contribution in [0.1, 0.15) is 31.1 Å². The van der Waals surface area contributed by atoms with Crippen molar-refractivity contribution in [2.24, 2.45) is 11.7 Å². The summed E-state index contributed by atoms with van der Waals surface area (Å²) in [5.41, 5.74) is 4.17. The first-order valence-electron chi connectivity index (χ1n) is 6.18. The maximum absolute atomic E-state index is 13.2. The molecule has 3 N–H and O–H groups in total. The second-order valence-corrected chi connectivity index (χ2v) is 5.15. The predicted molar refractivity (Wildman–Crippen MR) is 72.8 cm³/mol. The topological polar surface area (TPSA) is 98.3 Å². The first-order chi connectivity index (χ1) is 9.21. The number of carbonyl (C=O) groups excluding carboxylic acids is 1. The quantitative estimate of drug-likeness (QED) is 0.636. The lowest BCUT2D eigenvalue weighted by Crippen LogP contribution is -2.55. The van der Waals surface area contributed by atoms with Gasteiger partial charge in [0.05, 0.1) is 10.5 Å². The van der Waals surface area contributed by atoms with Crippen LogP contribution in [0.5, 0.6) is 0 Å². The van der Waals surface area contributed by atoms with Crippen molar-refractivity contribution in [3.63, 3.8) is 0 Å². The zero-order valence-electron chi connectivity index (χ0n) is 11.6. The SMILES string of the molecule is CC(C)C(C)(CN)NC(=O)c1cc(F)ccc1[N+](=O)[O-]. The van der Waals surface area contributed by atoms with Gasteiger partial charge < -0.3 is 11.1 Å². The molecule has 0 aliphatic carbocycles. The number of benzene rings is 1. The minimum Gasteiger partial charge on any atom is -0.345 e. The molecule has 0 aromatic heterocycles. The number of nitrogens with zero attached hydrogens (tertiary/aromatic N) is 1. The first-order valence-corrected chi connectivity index (χ1v) is 6.18. The molecule has 1 aromatic carbocycles. The van der Waals surface area contributed by atoms with Gasteiger partial charge in [-0.3, -0.25) is 14.9 Å². The highest BCUT2D eigenvalue weighted by Crippen LogP contribution is 2.22. The fourth-order valence-corrected chi connectivity index (χ4v) is 1.61. The van der Waals surface area contributed by atoms with Crippen LogP contribution in [0.4, 0.5) is 10.1 Å². The summed E-state index contributed by atoms with van der Waals surface area (Å²) in [6, 6.07) is 2.77. The molecule has 1 amide bonds. The summed E-state index contributed by atoms with van der Waals surface area (Å²) in [4.78, 5) is 22.3. The second-order valence-electron chi connectivity index (χ2n) is 5.15. The summed E-state index contributed by atoms with van der Waals surface area (Å²) in [5, 5.41) is 13.5. The zero-order chi connectivity index (χ0) is 15.5. The molecule has 0 saturated carbocycles. The Balaban J connectivity index is 3.15. The fraction of sp³-hybridized carbons (Fsp3) is 0.462. The van der Waals surface area contributed by atoms with Crippen LogP contribution in [0.2, 0.25) is 0 Å². The van der Waals surface area contributed by atoms with Crippen LogP contribution in [0.25, 0.3) is 0 Å². The second kappa shape index (κ2) is 5.96. The monoisotopic (exact) mass is 283 g/mol. The van der Waals surface area contributed by atoms with E-state index < -0.39 is 27.9 Å². The molecule has 0 aliphatic heterocycles. The van der Waals surface area contributed by atoms with E-state index in [9.17, 15) is 19.3 Å². The molecule has 0 bridgehead atoms. The van der Waals surface area contributed by atoms with E-state index in [2.05, 4.69) is 5.32 Å². The van der Waals surface area contributed by atoms with Crippen LogP contribution in [-0.2, 0) is 0 Å². The van der Waals surface area contributed by atoms with E-state index in [-0.39, 0.29) is 18.0 Å². The number of nitro groups is 1. The summed E-state index contributed by atoms with van der Waals surface area (Å²) < 4.78 is 13.2. The van der Waals surface area contributed by atoms with Crippen molar-refractivity contribution in [2.75, 3.05) is 6.54 Å². The maximum atomic E-state index is 13.2. The van der Waals surface area contributed by atoms with Gasteiger partial charge >= 0.3 is 0 Å². The molecule has 0 heterocycles. The van der Waals surface area contributed by atoms with Crippen molar-refractivity contribution in [1.29, 1.82) is 0 Å². The molecular weight excluding hydrogens is 265 g/mol. The largest absolute Gasteiger partial charge is 0.345 e. The lowest BCUT2D eigenvalue weighted by Gasteiger charge is -2.33. The molecule has 1 aromatic rings. The molecule has 6 nitrogen and oxygen atoms in total.